The van der Waals surface area contributed by atoms with Gasteiger partial charge < -0.3 is 10.1 Å². The molecule has 1 fully saturated rings. The van der Waals surface area contributed by atoms with Gasteiger partial charge in [0.2, 0.25) is 0 Å². The molecule has 0 amide bonds. The molecule has 4 heteroatoms. The van der Waals surface area contributed by atoms with Gasteiger partial charge in [0.15, 0.2) is 0 Å². The van der Waals surface area contributed by atoms with Gasteiger partial charge in [-0.25, -0.2) is 8.78 Å². The Hall–Kier alpha value is -1.00. The molecule has 0 aliphatic heterocycles. The third-order valence-electron chi connectivity index (χ3n) is 3.68. The first-order chi connectivity index (χ1) is 9.67. The third-order valence-corrected chi connectivity index (χ3v) is 3.68. The molecule has 1 aromatic rings. The van der Waals surface area contributed by atoms with Gasteiger partial charge in [0, 0.05) is 12.2 Å². The fraction of sp³-hybridized carbons (Fsp3) is 0.625. The monoisotopic (exact) mass is 283 g/mol. The van der Waals surface area contributed by atoms with Crippen LogP contribution in [-0.2, 0) is 4.74 Å². The molecule has 0 spiro atoms. The molecule has 20 heavy (non-hydrogen) atoms. The van der Waals surface area contributed by atoms with E-state index in [-0.39, 0.29) is 18.0 Å². The molecule has 0 radical (unpaired) electrons. The molecule has 1 aliphatic rings. The second-order valence-electron chi connectivity index (χ2n) is 5.36. The van der Waals surface area contributed by atoms with E-state index in [1.165, 1.54) is 12.1 Å². The summed E-state index contributed by atoms with van der Waals surface area (Å²) in [6.45, 7) is 5.34. The summed E-state index contributed by atoms with van der Waals surface area (Å²) in [7, 11) is 0. The van der Waals surface area contributed by atoms with Crippen LogP contribution in [0.15, 0.2) is 18.2 Å². The zero-order valence-electron chi connectivity index (χ0n) is 12.2. The maximum Gasteiger partial charge on any atom is 0.128 e. The van der Waals surface area contributed by atoms with Crippen molar-refractivity contribution in [2.75, 3.05) is 13.2 Å². The van der Waals surface area contributed by atoms with Crippen LogP contribution in [0.5, 0.6) is 0 Å². The lowest BCUT2D eigenvalue weighted by molar-refractivity contribution is 0.0176. The molecule has 2 nitrogen and oxygen atoms in total. The largest absolute Gasteiger partial charge is 0.376 e. The van der Waals surface area contributed by atoms with Crippen molar-refractivity contribution in [2.45, 2.75) is 45.3 Å². The maximum absolute atomic E-state index is 14.1. The average Bonchev–Trinajstić information content (AvgIpc) is 3.26. The van der Waals surface area contributed by atoms with Gasteiger partial charge in [0.05, 0.1) is 12.1 Å². The van der Waals surface area contributed by atoms with Crippen LogP contribution in [0.2, 0.25) is 0 Å². The molecule has 0 aromatic heterocycles. The topological polar surface area (TPSA) is 21.3 Å². The smallest absolute Gasteiger partial charge is 0.128 e. The Balaban J connectivity index is 2.26. The summed E-state index contributed by atoms with van der Waals surface area (Å²) in [6.07, 6.45) is 3.07. The van der Waals surface area contributed by atoms with Gasteiger partial charge in [-0.15, -0.1) is 0 Å². The Morgan fingerprint density at radius 1 is 1.30 bits per heavy atom. The normalized spacial score (nSPS) is 18.0. The molecule has 1 saturated carbocycles. The number of benzene rings is 1. The van der Waals surface area contributed by atoms with Crippen molar-refractivity contribution in [1.29, 1.82) is 0 Å². The van der Waals surface area contributed by atoms with Gasteiger partial charge in [-0.3, -0.25) is 0 Å². The average molecular weight is 283 g/mol. The predicted molar refractivity (Wildman–Crippen MR) is 75.5 cm³/mol. The molecule has 2 atom stereocenters. The Kier molecular flexibility index (Phi) is 5.49. The Bertz CT molecular complexity index is 434. The lowest BCUT2D eigenvalue weighted by Crippen LogP contribution is -2.36. The molecule has 2 unspecified atom stereocenters. The highest BCUT2D eigenvalue weighted by Crippen LogP contribution is 2.40. The number of hydrogen-bond acceptors (Lipinski definition) is 2. The molecular formula is C16H23F2NO. The zero-order chi connectivity index (χ0) is 14.5. The van der Waals surface area contributed by atoms with Crippen LogP contribution >= 0.6 is 0 Å². The second kappa shape index (κ2) is 7.14. The van der Waals surface area contributed by atoms with E-state index < -0.39 is 5.82 Å². The summed E-state index contributed by atoms with van der Waals surface area (Å²) in [5, 5.41) is 3.33. The van der Waals surface area contributed by atoms with Crippen LogP contribution in [0, 0.1) is 17.6 Å². The molecule has 0 bridgehead atoms. The summed E-state index contributed by atoms with van der Waals surface area (Å²) in [6, 6.07) is 3.36. The number of rotatable bonds is 8. The molecular weight excluding hydrogens is 260 g/mol. The van der Waals surface area contributed by atoms with E-state index in [4.69, 9.17) is 4.74 Å². The third kappa shape index (κ3) is 3.76. The number of halogens is 2. The fourth-order valence-corrected chi connectivity index (χ4v) is 2.58. The first-order valence-corrected chi connectivity index (χ1v) is 7.47. The minimum Gasteiger partial charge on any atom is -0.376 e. The SMILES string of the molecule is CCCNC(c1cc(F)ccc1F)C(OCC)C1CC1. The van der Waals surface area contributed by atoms with Gasteiger partial charge >= 0.3 is 0 Å². The highest BCUT2D eigenvalue weighted by Gasteiger charge is 2.38. The number of ether oxygens (including phenoxy) is 1. The zero-order valence-corrected chi connectivity index (χ0v) is 12.2. The molecule has 1 aromatic carbocycles. The standard InChI is InChI=1S/C16H23F2NO/c1-3-9-19-15(16(20-4-2)11-5-6-11)13-10-12(17)7-8-14(13)18/h7-8,10-11,15-16,19H,3-6,9H2,1-2H3. The van der Waals surface area contributed by atoms with E-state index in [0.29, 0.717) is 18.1 Å². The van der Waals surface area contributed by atoms with Gasteiger partial charge in [-0.1, -0.05) is 6.92 Å². The van der Waals surface area contributed by atoms with Crippen molar-refractivity contribution in [3.8, 4) is 0 Å². The van der Waals surface area contributed by atoms with Crippen LogP contribution in [0.1, 0.15) is 44.7 Å². The Morgan fingerprint density at radius 3 is 2.65 bits per heavy atom. The number of nitrogens with one attached hydrogen (secondary N) is 1. The summed E-state index contributed by atoms with van der Waals surface area (Å²) in [5.74, 6) is -0.326. The van der Waals surface area contributed by atoms with Crippen molar-refractivity contribution in [2.24, 2.45) is 5.92 Å². The predicted octanol–water partition coefficient (Wildman–Crippen LogP) is 3.82. The first kappa shape index (κ1) is 15.4. The van der Waals surface area contributed by atoms with Crippen molar-refractivity contribution in [3.05, 3.63) is 35.4 Å². The lowest BCUT2D eigenvalue weighted by Gasteiger charge is -2.29. The summed E-state index contributed by atoms with van der Waals surface area (Å²) in [5.41, 5.74) is 0.379. The molecule has 2 rings (SSSR count). The van der Waals surface area contributed by atoms with Gasteiger partial charge in [-0.2, -0.15) is 0 Å². The second-order valence-corrected chi connectivity index (χ2v) is 5.36. The molecule has 0 saturated heterocycles. The van der Waals surface area contributed by atoms with Crippen LogP contribution in [0.3, 0.4) is 0 Å². The summed E-state index contributed by atoms with van der Waals surface area (Å²) in [4.78, 5) is 0. The lowest BCUT2D eigenvalue weighted by atomic mass is 9.97. The Morgan fingerprint density at radius 2 is 2.05 bits per heavy atom. The number of hydrogen-bond donors (Lipinski definition) is 1. The van der Waals surface area contributed by atoms with E-state index >= 15 is 0 Å². The van der Waals surface area contributed by atoms with Crippen LogP contribution in [0.25, 0.3) is 0 Å². The Labute approximate surface area is 119 Å². The van der Waals surface area contributed by atoms with Crippen LogP contribution < -0.4 is 5.32 Å². The van der Waals surface area contributed by atoms with E-state index in [9.17, 15) is 8.78 Å². The van der Waals surface area contributed by atoms with Crippen molar-refractivity contribution >= 4 is 0 Å². The van der Waals surface area contributed by atoms with Crippen LogP contribution in [0.4, 0.5) is 8.78 Å². The minimum absolute atomic E-state index is 0.0807. The summed E-state index contributed by atoms with van der Waals surface area (Å²) >= 11 is 0. The van der Waals surface area contributed by atoms with E-state index in [1.54, 1.807) is 0 Å². The van der Waals surface area contributed by atoms with Gasteiger partial charge in [-0.05, 0) is 56.8 Å². The van der Waals surface area contributed by atoms with E-state index in [2.05, 4.69) is 12.2 Å². The minimum atomic E-state index is -0.407. The van der Waals surface area contributed by atoms with Crippen molar-refractivity contribution < 1.29 is 13.5 Å². The summed E-state index contributed by atoms with van der Waals surface area (Å²) < 4.78 is 33.4. The van der Waals surface area contributed by atoms with Gasteiger partial charge in [0.25, 0.3) is 0 Å². The molecule has 112 valence electrons. The van der Waals surface area contributed by atoms with Gasteiger partial charge in [0.1, 0.15) is 11.6 Å². The molecule has 1 aliphatic carbocycles. The van der Waals surface area contributed by atoms with E-state index in [0.717, 1.165) is 31.9 Å². The highest BCUT2D eigenvalue weighted by atomic mass is 19.1. The first-order valence-electron chi connectivity index (χ1n) is 7.47. The van der Waals surface area contributed by atoms with Crippen molar-refractivity contribution in [1.82, 2.24) is 5.32 Å². The van der Waals surface area contributed by atoms with Crippen molar-refractivity contribution in [3.63, 3.8) is 0 Å². The van der Waals surface area contributed by atoms with Crippen LogP contribution in [-0.4, -0.2) is 19.3 Å². The maximum atomic E-state index is 14.1. The quantitative estimate of drug-likeness (QED) is 0.783. The van der Waals surface area contributed by atoms with E-state index in [1.807, 2.05) is 6.92 Å². The highest BCUT2D eigenvalue weighted by molar-refractivity contribution is 5.24. The fourth-order valence-electron chi connectivity index (χ4n) is 2.58. The molecule has 0 heterocycles. The molecule has 1 N–H and O–H groups in total.